The molecule has 0 unspecified atom stereocenters. The lowest BCUT2D eigenvalue weighted by molar-refractivity contribution is -0.129. The molecular formula is C17H19N3O2S. The zero-order chi connectivity index (χ0) is 16.1. The van der Waals surface area contributed by atoms with Crippen LogP contribution >= 0.6 is 11.8 Å². The zero-order valence-corrected chi connectivity index (χ0v) is 13.6. The van der Waals surface area contributed by atoms with E-state index in [1.807, 2.05) is 35.2 Å². The van der Waals surface area contributed by atoms with Crippen LogP contribution in [-0.4, -0.2) is 39.6 Å². The number of H-pyrrole nitrogens is 1. The number of aromatic amines is 1. The van der Waals surface area contributed by atoms with Crippen molar-refractivity contribution in [1.82, 2.24) is 14.9 Å². The molecule has 0 spiro atoms. The van der Waals surface area contributed by atoms with Gasteiger partial charge in [-0.3, -0.25) is 9.59 Å². The summed E-state index contributed by atoms with van der Waals surface area (Å²) in [7, 11) is 0. The summed E-state index contributed by atoms with van der Waals surface area (Å²) in [5.74, 6) is 0.420. The number of thioether (sulfide) groups is 1. The lowest BCUT2D eigenvalue weighted by Crippen LogP contribution is -2.36. The molecule has 1 aliphatic heterocycles. The third-order valence-electron chi connectivity index (χ3n) is 3.83. The van der Waals surface area contributed by atoms with E-state index in [-0.39, 0.29) is 11.5 Å². The largest absolute Gasteiger partial charge is 0.342 e. The van der Waals surface area contributed by atoms with Crippen molar-refractivity contribution in [1.29, 1.82) is 0 Å². The van der Waals surface area contributed by atoms with E-state index in [0.29, 0.717) is 16.6 Å². The Kier molecular flexibility index (Phi) is 5.12. The van der Waals surface area contributed by atoms with Crippen LogP contribution in [0.15, 0.2) is 46.3 Å². The van der Waals surface area contributed by atoms with Gasteiger partial charge in [0.25, 0.3) is 5.56 Å². The molecule has 2 aromatic rings. The summed E-state index contributed by atoms with van der Waals surface area (Å²) in [6.45, 7) is 1.68. The van der Waals surface area contributed by atoms with Gasteiger partial charge < -0.3 is 9.88 Å². The number of benzene rings is 1. The number of carbonyl (C=O) groups excluding carboxylic acids is 1. The van der Waals surface area contributed by atoms with Crippen LogP contribution in [0.2, 0.25) is 0 Å². The van der Waals surface area contributed by atoms with Crippen molar-refractivity contribution in [3.63, 3.8) is 0 Å². The maximum absolute atomic E-state index is 12.2. The summed E-state index contributed by atoms with van der Waals surface area (Å²) < 4.78 is 0. The Morgan fingerprint density at radius 2 is 1.91 bits per heavy atom. The fourth-order valence-electron chi connectivity index (χ4n) is 2.63. The van der Waals surface area contributed by atoms with E-state index in [2.05, 4.69) is 9.97 Å². The van der Waals surface area contributed by atoms with Crippen LogP contribution in [0.25, 0.3) is 11.3 Å². The van der Waals surface area contributed by atoms with Crippen molar-refractivity contribution in [3.8, 4) is 11.3 Å². The number of likely N-dealkylation sites (tertiary alicyclic amines) is 1. The van der Waals surface area contributed by atoms with E-state index in [4.69, 9.17) is 0 Å². The summed E-state index contributed by atoms with van der Waals surface area (Å²) >= 11 is 1.29. The van der Waals surface area contributed by atoms with Gasteiger partial charge in [0, 0.05) is 24.7 Å². The average Bonchev–Trinajstić information content (AvgIpc) is 2.61. The average molecular weight is 329 g/mol. The number of aromatic nitrogens is 2. The Bertz CT molecular complexity index is 724. The first kappa shape index (κ1) is 15.8. The second kappa shape index (κ2) is 7.46. The summed E-state index contributed by atoms with van der Waals surface area (Å²) in [6.07, 6.45) is 3.36. The van der Waals surface area contributed by atoms with E-state index in [9.17, 15) is 9.59 Å². The van der Waals surface area contributed by atoms with Crippen LogP contribution in [-0.2, 0) is 4.79 Å². The third kappa shape index (κ3) is 4.22. The maximum Gasteiger partial charge on any atom is 0.252 e. The van der Waals surface area contributed by atoms with Gasteiger partial charge in [-0.2, -0.15) is 0 Å². The minimum atomic E-state index is -0.202. The molecule has 3 rings (SSSR count). The Labute approximate surface area is 139 Å². The highest BCUT2D eigenvalue weighted by Gasteiger charge is 2.17. The van der Waals surface area contributed by atoms with Crippen LogP contribution < -0.4 is 5.56 Å². The highest BCUT2D eigenvalue weighted by atomic mass is 32.2. The molecule has 1 fully saturated rings. The molecule has 23 heavy (non-hydrogen) atoms. The maximum atomic E-state index is 12.2. The van der Waals surface area contributed by atoms with E-state index < -0.39 is 0 Å². The molecule has 0 radical (unpaired) electrons. The Morgan fingerprint density at radius 3 is 2.65 bits per heavy atom. The molecule has 1 N–H and O–H groups in total. The minimum absolute atomic E-state index is 0.113. The van der Waals surface area contributed by atoms with Gasteiger partial charge in [-0.1, -0.05) is 42.1 Å². The van der Waals surface area contributed by atoms with Crippen molar-refractivity contribution in [2.24, 2.45) is 0 Å². The zero-order valence-electron chi connectivity index (χ0n) is 12.8. The van der Waals surface area contributed by atoms with Gasteiger partial charge in [-0.25, -0.2) is 4.98 Å². The highest BCUT2D eigenvalue weighted by Crippen LogP contribution is 2.19. The van der Waals surface area contributed by atoms with E-state index in [1.165, 1.54) is 24.2 Å². The molecule has 0 atom stereocenters. The Morgan fingerprint density at radius 1 is 1.17 bits per heavy atom. The predicted octanol–water partition coefficient (Wildman–Crippen LogP) is 2.54. The molecule has 0 aliphatic carbocycles. The van der Waals surface area contributed by atoms with Crippen molar-refractivity contribution in [2.45, 2.75) is 24.4 Å². The molecule has 1 aromatic carbocycles. The lowest BCUT2D eigenvalue weighted by atomic mass is 10.1. The van der Waals surface area contributed by atoms with Gasteiger partial charge in [0.05, 0.1) is 11.4 Å². The minimum Gasteiger partial charge on any atom is -0.342 e. The second-order valence-corrected chi connectivity index (χ2v) is 6.50. The first-order chi connectivity index (χ1) is 11.2. The summed E-state index contributed by atoms with van der Waals surface area (Å²) in [5.41, 5.74) is 1.32. The predicted molar refractivity (Wildman–Crippen MR) is 91.4 cm³/mol. The number of hydrogen-bond donors (Lipinski definition) is 1. The molecule has 0 bridgehead atoms. The molecular weight excluding hydrogens is 310 g/mol. The van der Waals surface area contributed by atoms with E-state index in [0.717, 1.165) is 31.5 Å². The molecule has 0 saturated carbocycles. The molecule has 1 saturated heterocycles. The van der Waals surface area contributed by atoms with Crippen LogP contribution in [0.3, 0.4) is 0 Å². The molecule has 6 heteroatoms. The van der Waals surface area contributed by atoms with Crippen molar-refractivity contribution >= 4 is 17.7 Å². The molecule has 120 valence electrons. The normalized spacial score (nSPS) is 14.7. The van der Waals surface area contributed by atoms with Crippen LogP contribution in [0.5, 0.6) is 0 Å². The monoisotopic (exact) mass is 329 g/mol. The number of carbonyl (C=O) groups is 1. The number of amides is 1. The van der Waals surface area contributed by atoms with Crippen LogP contribution in [0.1, 0.15) is 19.3 Å². The van der Waals surface area contributed by atoms with Gasteiger partial charge >= 0.3 is 0 Å². The quantitative estimate of drug-likeness (QED) is 0.691. The number of rotatable bonds is 4. The van der Waals surface area contributed by atoms with E-state index >= 15 is 0 Å². The smallest absolute Gasteiger partial charge is 0.252 e. The van der Waals surface area contributed by atoms with Gasteiger partial charge in [-0.05, 0) is 19.3 Å². The second-order valence-electron chi connectivity index (χ2n) is 5.53. The van der Waals surface area contributed by atoms with Crippen LogP contribution in [0.4, 0.5) is 0 Å². The number of nitrogens with zero attached hydrogens (tertiary/aromatic N) is 2. The first-order valence-corrected chi connectivity index (χ1v) is 8.78. The fraction of sp³-hybridized carbons (Fsp3) is 0.353. The van der Waals surface area contributed by atoms with Gasteiger partial charge in [0.15, 0.2) is 5.16 Å². The third-order valence-corrected chi connectivity index (χ3v) is 4.69. The Balaban J connectivity index is 1.69. The first-order valence-electron chi connectivity index (χ1n) is 7.80. The standard InChI is InChI=1S/C17H19N3O2S/c21-15-11-14(13-7-3-1-4-8-13)18-17(19-15)23-12-16(22)20-9-5-2-6-10-20/h1,3-4,7-8,11H,2,5-6,9-10,12H2,(H,18,19,21). The number of hydrogen-bond acceptors (Lipinski definition) is 4. The van der Waals surface area contributed by atoms with Crippen molar-refractivity contribution in [3.05, 3.63) is 46.8 Å². The summed E-state index contributed by atoms with van der Waals surface area (Å²) in [4.78, 5) is 33.1. The van der Waals surface area contributed by atoms with Gasteiger partial charge in [0.2, 0.25) is 5.91 Å². The summed E-state index contributed by atoms with van der Waals surface area (Å²) in [6, 6.07) is 11.0. The van der Waals surface area contributed by atoms with Crippen molar-refractivity contribution < 1.29 is 4.79 Å². The van der Waals surface area contributed by atoms with Gasteiger partial charge in [0.1, 0.15) is 0 Å². The van der Waals surface area contributed by atoms with Gasteiger partial charge in [-0.15, -0.1) is 0 Å². The number of piperidine rings is 1. The fourth-order valence-corrected chi connectivity index (χ4v) is 3.40. The molecule has 5 nitrogen and oxygen atoms in total. The SMILES string of the molecule is O=C(CSc1nc(-c2ccccc2)cc(=O)[nH]1)N1CCCCC1. The molecule has 1 aromatic heterocycles. The molecule has 1 amide bonds. The number of nitrogens with one attached hydrogen (secondary N) is 1. The Hall–Kier alpha value is -2.08. The molecule has 2 heterocycles. The van der Waals surface area contributed by atoms with Crippen molar-refractivity contribution in [2.75, 3.05) is 18.8 Å². The lowest BCUT2D eigenvalue weighted by Gasteiger charge is -2.26. The van der Waals surface area contributed by atoms with Crippen LogP contribution in [0, 0.1) is 0 Å². The van der Waals surface area contributed by atoms with E-state index in [1.54, 1.807) is 0 Å². The summed E-state index contributed by atoms with van der Waals surface area (Å²) in [5, 5.41) is 0.488. The molecule has 1 aliphatic rings. The highest BCUT2D eigenvalue weighted by molar-refractivity contribution is 7.99. The topological polar surface area (TPSA) is 66.1 Å².